The van der Waals surface area contributed by atoms with Gasteiger partial charge in [-0.1, -0.05) is 13.8 Å². The number of hydrogen-bond acceptors (Lipinski definition) is 9. The van der Waals surface area contributed by atoms with Gasteiger partial charge < -0.3 is 30.7 Å². The molecule has 0 spiro atoms. The van der Waals surface area contributed by atoms with Crippen LogP contribution in [-0.4, -0.2) is 102 Å². The molecule has 6 amide bonds. The highest BCUT2D eigenvalue weighted by Gasteiger charge is 2.27. The molecular weight excluding hydrogens is 612 g/mol. The average Bonchev–Trinajstić information content (AvgIpc) is 3.59. The van der Waals surface area contributed by atoms with Crippen LogP contribution in [0.3, 0.4) is 0 Å². The number of anilines is 1. The van der Waals surface area contributed by atoms with Gasteiger partial charge in [-0.3, -0.25) is 43.0 Å². The summed E-state index contributed by atoms with van der Waals surface area (Å²) in [5, 5.41) is 11.5. The smallest absolute Gasteiger partial charge is 0.253 e. The Hall–Kier alpha value is -4.89. The lowest BCUT2D eigenvalue weighted by Crippen LogP contribution is -2.53. The van der Waals surface area contributed by atoms with Crippen LogP contribution in [0, 0.1) is 5.92 Å². The first-order valence-corrected chi connectivity index (χ1v) is 15.4. The quantitative estimate of drug-likeness (QED) is 0.132. The molecule has 0 saturated carbocycles. The molecule has 2 heterocycles. The molecular formula is C32H42N6O9. The summed E-state index contributed by atoms with van der Waals surface area (Å²) in [5.74, 6) is -2.89. The molecule has 1 aromatic heterocycles. The van der Waals surface area contributed by atoms with Gasteiger partial charge in [-0.25, -0.2) is 0 Å². The summed E-state index contributed by atoms with van der Waals surface area (Å²) in [6.45, 7) is 7.58. The zero-order valence-electron chi connectivity index (χ0n) is 27.0. The number of fused-ring (bicyclic) bond motifs is 1. The first-order chi connectivity index (χ1) is 22.4. The summed E-state index contributed by atoms with van der Waals surface area (Å²) >= 11 is 0. The number of imide groups is 1. The van der Waals surface area contributed by atoms with Crippen molar-refractivity contribution in [2.75, 3.05) is 44.8 Å². The Kier molecular flexibility index (Phi) is 13.8. The number of amides is 6. The number of hydrogen-bond donors (Lipinski definition) is 4. The van der Waals surface area contributed by atoms with E-state index in [9.17, 15) is 33.6 Å². The largest absolute Gasteiger partial charge is 0.379 e. The van der Waals surface area contributed by atoms with E-state index < -0.39 is 41.6 Å². The zero-order chi connectivity index (χ0) is 34.5. The monoisotopic (exact) mass is 654 g/mol. The third-order valence-electron chi connectivity index (χ3n) is 7.19. The average molecular weight is 655 g/mol. The minimum Gasteiger partial charge on any atom is -0.379 e. The molecule has 2 aromatic rings. The van der Waals surface area contributed by atoms with Crippen LogP contribution >= 0.6 is 0 Å². The maximum atomic E-state index is 12.9. The molecule has 3 rings (SSSR count). The molecule has 0 unspecified atom stereocenters. The minimum atomic E-state index is -0.890. The van der Waals surface area contributed by atoms with Gasteiger partial charge in [0.15, 0.2) is 0 Å². The van der Waals surface area contributed by atoms with Crippen LogP contribution in [0.15, 0.2) is 42.6 Å². The van der Waals surface area contributed by atoms with E-state index in [0.717, 1.165) is 22.4 Å². The van der Waals surface area contributed by atoms with Gasteiger partial charge in [-0.15, -0.1) is 0 Å². The van der Waals surface area contributed by atoms with Crippen molar-refractivity contribution in [3.8, 4) is 0 Å². The number of ether oxygens (including phenoxy) is 2. The molecule has 1 aliphatic heterocycles. The first-order valence-electron chi connectivity index (χ1n) is 15.4. The van der Waals surface area contributed by atoms with Crippen molar-refractivity contribution in [2.24, 2.45) is 5.92 Å². The van der Waals surface area contributed by atoms with E-state index in [1.807, 2.05) is 0 Å². The third-order valence-corrected chi connectivity index (χ3v) is 7.19. The van der Waals surface area contributed by atoms with E-state index in [2.05, 4.69) is 21.3 Å². The summed E-state index contributed by atoms with van der Waals surface area (Å²) in [6, 6.07) is 5.15. The molecule has 254 valence electrons. The Morgan fingerprint density at radius 3 is 2.15 bits per heavy atom. The lowest BCUT2D eigenvalue weighted by atomic mass is 10.0. The molecule has 1 aromatic carbocycles. The Morgan fingerprint density at radius 1 is 0.809 bits per heavy atom. The fraction of sp³-hybridized carbons (Fsp3) is 0.469. The molecule has 0 bridgehead atoms. The number of aromatic nitrogens is 1. The predicted molar refractivity (Wildman–Crippen MR) is 171 cm³/mol. The van der Waals surface area contributed by atoms with E-state index in [1.54, 1.807) is 51.2 Å². The van der Waals surface area contributed by atoms with Gasteiger partial charge in [0, 0.05) is 62.3 Å². The number of carbonyl (C=O) groups is 7. The third kappa shape index (κ3) is 11.1. The van der Waals surface area contributed by atoms with E-state index in [4.69, 9.17) is 9.47 Å². The molecule has 2 atom stereocenters. The van der Waals surface area contributed by atoms with Crippen molar-refractivity contribution in [3.05, 3.63) is 42.6 Å². The SMILES string of the molecule is CC(=O)n1ccc2cc(NC(=O)[C@H](C)NC(=O)[C@@H](NC(=O)CCOCCOCCNC(=O)CCN3C(=O)C=CC3=O)C(C)C)ccc21. The molecule has 1 aliphatic rings. The van der Waals surface area contributed by atoms with Gasteiger partial charge in [0.05, 0.1) is 31.9 Å². The second-order valence-corrected chi connectivity index (χ2v) is 11.2. The highest BCUT2D eigenvalue weighted by atomic mass is 16.5. The highest BCUT2D eigenvalue weighted by Crippen LogP contribution is 2.21. The zero-order valence-corrected chi connectivity index (χ0v) is 27.0. The van der Waals surface area contributed by atoms with Crippen LogP contribution < -0.4 is 21.3 Å². The second-order valence-electron chi connectivity index (χ2n) is 11.2. The van der Waals surface area contributed by atoms with E-state index in [-0.39, 0.29) is 70.1 Å². The summed E-state index contributed by atoms with van der Waals surface area (Å²) in [5.41, 5.74) is 1.23. The minimum absolute atomic E-state index is 0.00428. The number of nitrogens with zero attached hydrogens (tertiary/aromatic N) is 2. The fourth-order valence-corrected chi connectivity index (χ4v) is 4.60. The molecule has 0 aliphatic carbocycles. The standard InChI is InChI=1S/C32H42N6O9/c1-20(2)30(32(45)34-21(3)31(44)35-24-5-6-25-23(19-24)9-13-37(25)22(4)39)36-27(41)11-15-46-17-18-47-16-12-33-26(40)10-14-38-28(42)7-8-29(38)43/h5-9,13,19-21,30H,10-12,14-18H2,1-4H3,(H,33,40)(H,34,45)(H,35,44)(H,36,41)/t21-,30-/m0/s1. The van der Waals surface area contributed by atoms with Crippen molar-refractivity contribution in [3.63, 3.8) is 0 Å². The topological polar surface area (TPSA) is 194 Å². The van der Waals surface area contributed by atoms with Gasteiger partial charge in [0.1, 0.15) is 12.1 Å². The van der Waals surface area contributed by atoms with E-state index in [0.29, 0.717) is 11.2 Å². The van der Waals surface area contributed by atoms with E-state index >= 15 is 0 Å². The summed E-state index contributed by atoms with van der Waals surface area (Å²) in [4.78, 5) is 85.8. The van der Waals surface area contributed by atoms with E-state index in [1.165, 1.54) is 11.5 Å². The van der Waals surface area contributed by atoms with Gasteiger partial charge in [0.25, 0.3) is 11.8 Å². The number of rotatable bonds is 18. The van der Waals surface area contributed by atoms with Gasteiger partial charge >= 0.3 is 0 Å². The van der Waals surface area contributed by atoms with Crippen LogP contribution in [0.5, 0.6) is 0 Å². The molecule has 15 nitrogen and oxygen atoms in total. The lowest BCUT2D eigenvalue weighted by Gasteiger charge is -2.24. The molecule has 0 radical (unpaired) electrons. The Balaban J connectivity index is 1.28. The Bertz CT molecular complexity index is 1500. The molecule has 0 fully saturated rings. The lowest BCUT2D eigenvalue weighted by molar-refractivity contribution is -0.137. The van der Waals surface area contributed by atoms with Crippen molar-refractivity contribution in [1.82, 2.24) is 25.4 Å². The van der Waals surface area contributed by atoms with Crippen LogP contribution in [0.4, 0.5) is 5.69 Å². The van der Waals surface area contributed by atoms with Crippen LogP contribution in [-0.2, 0) is 38.2 Å². The molecule has 0 saturated heterocycles. The van der Waals surface area contributed by atoms with Crippen molar-refractivity contribution in [1.29, 1.82) is 0 Å². The second kappa shape index (κ2) is 17.7. The van der Waals surface area contributed by atoms with Gasteiger partial charge in [0.2, 0.25) is 29.5 Å². The van der Waals surface area contributed by atoms with Crippen molar-refractivity contribution in [2.45, 2.75) is 52.6 Å². The Morgan fingerprint density at radius 2 is 1.49 bits per heavy atom. The summed E-state index contributed by atoms with van der Waals surface area (Å²) < 4.78 is 12.3. The Labute approximate surface area is 272 Å². The molecule has 15 heteroatoms. The highest BCUT2D eigenvalue weighted by molar-refractivity contribution is 6.13. The van der Waals surface area contributed by atoms with Crippen LogP contribution in [0.1, 0.15) is 45.3 Å². The number of carbonyl (C=O) groups excluding carboxylic acids is 7. The first kappa shape index (κ1) is 36.6. The van der Waals surface area contributed by atoms with Crippen molar-refractivity contribution < 1.29 is 43.0 Å². The molecule has 47 heavy (non-hydrogen) atoms. The number of nitrogens with one attached hydrogen (secondary N) is 4. The maximum Gasteiger partial charge on any atom is 0.253 e. The maximum absolute atomic E-state index is 12.9. The summed E-state index contributed by atoms with van der Waals surface area (Å²) in [7, 11) is 0. The van der Waals surface area contributed by atoms with Crippen LogP contribution in [0.25, 0.3) is 10.9 Å². The normalized spacial score (nSPS) is 13.9. The summed E-state index contributed by atoms with van der Waals surface area (Å²) in [6.07, 6.45) is 3.99. The predicted octanol–water partition coefficient (Wildman–Crippen LogP) is 0.740. The van der Waals surface area contributed by atoms with Crippen LogP contribution in [0.2, 0.25) is 0 Å². The van der Waals surface area contributed by atoms with Crippen molar-refractivity contribution >= 4 is 57.9 Å². The molecule has 4 N–H and O–H groups in total. The fourth-order valence-electron chi connectivity index (χ4n) is 4.60. The van der Waals surface area contributed by atoms with Gasteiger partial charge in [-0.05, 0) is 37.1 Å². The van der Waals surface area contributed by atoms with Gasteiger partial charge in [-0.2, -0.15) is 0 Å². The number of benzene rings is 1.